The average molecular weight is 399 g/mol. The number of ether oxygens (including phenoxy) is 1. The Hall–Kier alpha value is -2.67. The smallest absolute Gasteiger partial charge is 0.251 e. The van der Waals surface area contributed by atoms with Crippen molar-refractivity contribution < 1.29 is 13.9 Å². The van der Waals surface area contributed by atoms with Gasteiger partial charge in [-0.3, -0.25) is 14.5 Å². The number of carbonyl (C=O) groups is 1. The summed E-state index contributed by atoms with van der Waals surface area (Å²) in [6.07, 6.45) is 0.987. The van der Waals surface area contributed by atoms with Crippen LogP contribution >= 0.6 is 0 Å². The van der Waals surface area contributed by atoms with E-state index >= 15 is 0 Å². The molecule has 3 heterocycles. The van der Waals surface area contributed by atoms with Crippen molar-refractivity contribution in [1.29, 1.82) is 0 Å². The Labute approximate surface area is 169 Å². The molecule has 0 unspecified atom stereocenters. The highest BCUT2D eigenvalue weighted by Crippen LogP contribution is 2.41. The van der Waals surface area contributed by atoms with Crippen molar-refractivity contribution in [3.05, 3.63) is 63.8 Å². The van der Waals surface area contributed by atoms with Gasteiger partial charge in [-0.15, -0.1) is 0 Å². The third kappa shape index (κ3) is 3.92. The van der Waals surface area contributed by atoms with Crippen LogP contribution in [0.15, 0.2) is 41.2 Å². The minimum atomic E-state index is -0.359. The molecule has 2 bridgehead atoms. The summed E-state index contributed by atoms with van der Waals surface area (Å²) < 4.78 is 21.0. The van der Waals surface area contributed by atoms with Crippen molar-refractivity contribution in [2.75, 3.05) is 26.7 Å². The van der Waals surface area contributed by atoms with Crippen LogP contribution in [0, 0.1) is 11.7 Å². The fraction of sp³-hybridized carbons (Fsp3) is 0.455. The molecule has 4 rings (SSSR count). The highest BCUT2D eigenvalue weighted by atomic mass is 19.1. The number of methoxy groups -OCH3 is 1. The van der Waals surface area contributed by atoms with E-state index in [4.69, 9.17) is 4.74 Å². The van der Waals surface area contributed by atoms with Crippen LogP contribution in [0.3, 0.4) is 0 Å². The van der Waals surface area contributed by atoms with E-state index in [1.54, 1.807) is 12.1 Å². The Morgan fingerprint density at radius 1 is 1.28 bits per heavy atom. The maximum Gasteiger partial charge on any atom is 0.251 e. The molecule has 0 aliphatic carbocycles. The molecule has 29 heavy (non-hydrogen) atoms. The van der Waals surface area contributed by atoms with E-state index in [9.17, 15) is 14.0 Å². The average Bonchev–Trinajstić information content (AvgIpc) is 2.68. The zero-order valence-corrected chi connectivity index (χ0v) is 16.7. The molecule has 2 aromatic rings. The summed E-state index contributed by atoms with van der Waals surface area (Å²) in [6, 6.07) is 10.4. The predicted molar refractivity (Wildman–Crippen MR) is 107 cm³/mol. The van der Waals surface area contributed by atoms with Crippen molar-refractivity contribution in [1.82, 2.24) is 14.8 Å². The van der Waals surface area contributed by atoms with Crippen molar-refractivity contribution in [2.45, 2.75) is 31.8 Å². The summed E-state index contributed by atoms with van der Waals surface area (Å²) in [4.78, 5) is 26.4. The van der Waals surface area contributed by atoms with Crippen LogP contribution < -0.4 is 15.6 Å². The van der Waals surface area contributed by atoms with Gasteiger partial charge in [-0.25, -0.2) is 4.39 Å². The van der Waals surface area contributed by atoms with Gasteiger partial charge in [0.05, 0.1) is 13.2 Å². The summed E-state index contributed by atoms with van der Waals surface area (Å²) in [6.45, 7) is 4.19. The Balaban J connectivity index is 1.60. The summed E-state index contributed by atoms with van der Waals surface area (Å²) in [5.74, 6) is 0.283. The minimum Gasteiger partial charge on any atom is -0.494 e. The first-order valence-corrected chi connectivity index (χ1v) is 9.97. The first-order chi connectivity index (χ1) is 14.0. The van der Waals surface area contributed by atoms with Gasteiger partial charge in [0.25, 0.3) is 5.56 Å². The number of amides is 1. The van der Waals surface area contributed by atoms with Crippen LogP contribution in [0.4, 0.5) is 4.39 Å². The van der Waals surface area contributed by atoms with Crippen LogP contribution in [-0.2, 0) is 11.3 Å². The highest BCUT2D eigenvalue weighted by molar-refractivity contribution is 5.72. The second-order valence-corrected chi connectivity index (χ2v) is 8.02. The van der Waals surface area contributed by atoms with Crippen molar-refractivity contribution in [3.63, 3.8) is 0 Å². The van der Waals surface area contributed by atoms with Crippen molar-refractivity contribution >= 4 is 5.91 Å². The number of nitrogens with zero attached hydrogens (tertiary/aromatic N) is 2. The van der Waals surface area contributed by atoms with Crippen LogP contribution in [0.25, 0.3) is 0 Å². The molecule has 3 atom stereocenters. The Morgan fingerprint density at radius 2 is 2.10 bits per heavy atom. The number of carbonyl (C=O) groups excluding carboxylic acids is 1. The number of nitrogens with one attached hydrogen (secondary N) is 1. The second-order valence-electron chi connectivity index (χ2n) is 8.02. The predicted octanol–water partition coefficient (Wildman–Crippen LogP) is 2.29. The van der Waals surface area contributed by atoms with Gasteiger partial charge in [0.2, 0.25) is 5.91 Å². The van der Waals surface area contributed by atoms with Gasteiger partial charge in [-0.2, -0.15) is 0 Å². The summed E-state index contributed by atoms with van der Waals surface area (Å²) in [5.41, 5.74) is 1.90. The lowest BCUT2D eigenvalue weighted by Crippen LogP contribution is -2.51. The number of pyridine rings is 1. The summed E-state index contributed by atoms with van der Waals surface area (Å²) in [7, 11) is 1.46. The molecule has 1 aromatic heterocycles. The number of rotatable bonds is 5. The fourth-order valence-electron chi connectivity index (χ4n) is 4.84. The molecule has 2 aliphatic heterocycles. The number of benzene rings is 1. The molecule has 7 heteroatoms. The first-order valence-electron chi connectivity index (χ1n) is 9.97. The molecule has 1 N–H and O–H groups in total. The fourth-order valence-corrected chi connectivity index (χ4v) is 4.84. The monoisotopic (exact) mass is 399 g/mol. The van der Waals surface area contributed by atoms with Gasteiger partial charge in [-0.1, -0.05) is 12.1 Å². The summed E-state index contributed by atoms with van der Waals surface area (Å²) in [5, 5.41) is 2.89. The lowest BCUT2D eigenvalue weighted by molar-refractivity contribution is -0.119. The number of hydrogen-bond acceptors (Lipinski definition) is 4. The molecular formula is C22H26FN3O3. The van der Waals surface area contributed by atoms with Crippen LogP contribution in [0.1, 0.15) is 36.6 Å². The number of halogens is 1. The minimum absolute atomic E-state index is 0.0155. The van der Waals surface area contributed by atoms with E-state index in [1.165, 1.54) is 20.1 Å². The Bertz CT molecular complexity index is 974. The van der Waals surface area contributed by atoms with E-state index in [0.29, 0.717) is 13.1 Å². The molecule has 0 spiro atoms. The van der Waals surface area contributed by atoms with E-state index < -0.39 is 0 Å². The lowest BCUT2D eigenvalue weighted by Gasteiger charge is -2.47. The molecular weight excluding hydrogens is 373 g/mol. The maximum absolute atomic E-state index is 14.1. The number of likely N-dealkylation sites (tertiary alicyclic amines) is 1. The standard InChI is InChI=1S/C22H26FN3O3/c1-14(27)24-10-20-17-9-16(19-4-3-5-22(28)26(19)20)12-25(13-17)11-15-6-7-21(29-2)18(23)8-15/h3-8,16-17,20H,9-13H2,1-2H3,(H,24,27)/t16-,17+,20+/m1/s1. The van der Waals surface area contributed by atoms with Crippen molar-refractivity contribution in [3.8, 4) is 5.75 Å². The number of piperidine rings is 1. The van der Waals surface area contributed by atoms with E-state index in [1.807, 2.05) is 22.8 Å². The Morgan fingerprint density at radius 3 is 2.83 bits per heavy atom. The van der Waals surface area contributed by atoms with E-state index in [0.717, 1.165) is 30.8 Å². The highest BCUT2D eigenvalue weighted by Gasteiger charge is 2.40. The molecule has 1 amide bonds. The molecule has 1 fully saturated rings. The van der Waals surface area contributed by atoms with Gasteiger partial charge < -0.3 is 14.6 Å². The van der Waals surface area contributed by atoms with Crippen LogP contribution in [0.2, 0.25) is 0 Å². The Kier molecular flexibility index (Phi) is 5.41. The number of fused-ring (bicyclic) bond motifs is 4. The van der Waals surface area contributed by atoms with E-state index in [-0.39, 0.29) is 40.9 Å². The SMILES string of the molecule is COc1ccc(CN2C[C@H]3C[C@@H](C2)[C@H](CNC(C)=O)n2c3cccc2=O)cc1F. The third-order valence-corrected chi connectivity index (χ3v) is 6.06. The molecule has 2 aliphatic rings. The van der Waals surface area contributed by atoms with Gasteiger partial charge >= 0.3 is 0 Å². The van der Waals surface area contributed by atoms with Gasteiger partial charge in [0.15, 0.2) is 11.6 Å². The number of hydrogen-bond donors (Lipinski definition) is 1. The normalized spacial score (nSPS) is 23.3. The third-order valence-electron chi connectivity index (χ3n) is 6.06. The summed E-state index contributed by atoms with van der Waals surface area (Å²) >= 11 is 0. The molecule has 0 radical (unpaired) electrons. The van der Waals surface area contributed by atoms with Gasteiger partial charge in [0, 0.05) is 50.8 Å². The van der Waals surface area contributed by atoms with Crippen LogP contribution in [0.5, 0.6) is 5.75 Å². The van der Waals surface area contributed by atoms with Gasteiger partial charge in [0.1, 0.15) is 0 Å². The molecule has 1 aromatic carbocycles. The largest absolute Gasteiger partial charge is 0.494 e. The number of aromatic nitrogens is 1. The first kappa shape index (κ1) is 19.6. The zero-order valence-electron chi connectivity index (χ0n) is 16.7. The molecule has 154 valence electrons. The molecule has 0 saturated carbocycles. The second kappa shape index (κ2) is 7.99. The van der Waals surface area contributed by atoms with E-state index in [2.05, 4.69) is 10.2 Å². The van der Waals surface area contributed by atoms with Crippen LogP contribution in [-0.4, -0.2) is 42.1 Å². The quantitative estimate of drug-likeness (QED) is 0.838. The topological polar surface area (TPSA) is 63.6 Å². The van der Waals surface area contributed by atoms with Crippen molar-refractivity contribution in [2.24, 2.45) is 5.92 Å². The molecule has 1 saturated heterocycles. The maximum atomic E-state index is 14.1. The molecule has 6 nitrogen and oxygen atoms in total. The van der Waals surface area contributed by atoms with Gasteiger partial charge in [-0.05, 0) is 36.1 Å². The zero-order chi connectivity index (χ0) is 20.5. The lowest BCUT2D eigenvalue weighted by atomic mass is 9.78.